The molecule has 1 aliphatic heterocycles. The predicted molar refractivity (Wildman–Crippen MR) is 81.6 cm³/mol. The number of nitrogens with zero attached hydrogens (tertiary/aromatic N) is 1. The molecule has 0 spiro atoms. The fourth-order valence-electron chi connectivity index (χ4n) is 2.33. The number of ether oxygens (including phenoxy) is 1. The molecule has 3 amide bonds. The van der Waals surface area contributed by atoms with Gasteiger partial charge in [0.25, 0.3) is 5.91 Å². The minimum Gasteiger partial charge on any atom is -0.452 e. The summed E-state index contributed by atoms with van der Waals surface area (Å²) >= 11 is 0. The van der Waals surface area contributed by atoms with E-state index in [1.165, 1.54) is 4.31 Å². The topological polar surface area (TPSA) is 136 Å². The minimum absolute atomic E-state index is 0.235. The van der Waals surface area contributed by atoms with Crippen molar-refractivity contribution in [2.75, 3.05) is 19.3 Å². The highest BCUT2D eigenvalue weighted by molar-refractivity contribution is 7.88. The van der Waals surface area contributed by atoms with Crippen LogP contribution in [-0.2, 0) is 24.3 Å². The van der Waals surface area contributed by atoms with E-state index in [9.17, 15) is 22.8 Å². The Morgan fingerprint density at radius 3 is 2.13 bits per heavy atom. The summed E-state index contributed by atoms with van der Waals surface area (Å²) < 4.78 is 29.4. The van der Waals surface area contributed by atoms with Crippen LogP contribution in [0.5, 0.6) is 0 Å². The van der Waals surface area contributed by atoms with Gasteiger partial charge < -0.3 is 10.5 Å². The summed E-state index contributed by atoms with van der Waals surface area (Å²) in [6.45, 7) is 3.81. The summed E-state index contributed by atoms with van der Waals surface area (Å²) in [5, 5.41) is 1.89. The molecule has 1 atom stereocenters. The first-order chi connectivity index (χ1) is 10.5. The maximum absolute atomic E-state index is 12.2. The third kappa shape index (κ3) is 5.79. The highest BCUT2D eigenvalue weighted by Gasteiger charge is 2.34. The monoisotopic (exact) mass is 349 g/mol. The molecule has 1 heterocycles. The molecule has 0 aromatic rings. The Morgan fingerprint density at radius 2 is 1.74 bits per heavy atom. The number of rotatable bonds is 5. The number of carbonyl (C=O) groups excluding carboxylic acids is 3. The smallest absolute Gasteiger partial charge is 0.318 e. The molecule has 23 heavy (non-hydrogen) atoms. The molecule has 0 aromatic heterocycles. The third-order valence-corrected chi connectivity index (χ3v) is 4.91. The number of amides is 3. The molecule has 9 nitrogen and oxygen atoms in total. The Balaban J connectivity index is 2.63. The van der Waals surface area contributed by atoms with Crippen LogP contribution in [0, 0.1) is 11.8 Å². The van der Waals surface area contributed by atoms with Crippen molar-refractivity contribution in [1.82, 2.24) is 9.62 Å². The average Bonchev–Trinajstić information content (AvgIpc) is 2.42. The second kappa shape index (κ2) is 7.73. The Labute approximate surface area is 135 Å². The number of sulfonamides is 1. The van der Waals surface area contributed by atoms with E-state index in [1.807, 2.05) is 5.32 Å². The van der Waals surface area contributed by atoms with Crippen LogP contribution in [0.15, 0.2) is 0 Å². The highest BCUT2D eigenvalue weighted by Crippen LogP contribution is 2.22. The lowest BCUT2D eigenvalue weighted by molar-refractivity contribution is -0.163. The van der Waals surface area contributed by atoms with Crippen molar-refractivity contribution >= 4 is 27.9 Å². The largest absolute Gasteiger partial charge is 0.452 e. The lowest BCUT2D eigenvalue weighted by atomic mass is 9.98. The molecule has 0 bridgehead atoms. The van der Waals surface area contributed by atoms with Crippen molar-refractivity contribution in [3.63, 3.8) is 0 Å². The van der Waals surface area contributed by atoms with Gasteiger partial charge in [-0.05, 0) is 18.8 Å². The fourth-order valence-corrected chi connectivity index (χ4v) is 3.20. The number of imide groups is 1. The van der Waals surface area contributed by atoms with Gasteiger partial charge >= 0.3 is 12.0 Å². The quantitative estimate of drug-likeness (QED) is 0.637. The van der Waals surface area contributed by atoms with E-state index in [4.69, 9.17) is 10.5 Å². The molecule has 0 aliphatic carbocycles. The Bertz CT molecular complexity index is 566. The van der Waals surface area contributed by atoms with Crippen LogP contribution in [0.1, 0.15) is 26.7 Å². The van der Waals surface area contributed by atoms with Crippen LogP contribution in [0.25, 0.3) is 0 Å². The molecule has 0 radical (unpaired) electrons. The first kappa shape index (κ1) is 19.4. The molecular formula is C13H23N3O6S. The third-order valence-electron chi connectivity index (χ3n) is 3.61. The number of piperidine rings is 1. The van der Waals surface area contributed by atoms with E-state index < -0.39 is 40.0 Å². The van der Waals surface area contributed by atoms with Gasteiger partial charge in [-0.25, -0.2) is 17.5 Å². The summed E-state index contributed by atoms with van der Waals surface area (Å²) in [4.78, 5) is 34.7. The zero-order chi connectivity index (χ0) is 17.8. The number of hydrogen-bond donors (Lipinski definition) is 2. The molecule has 1 fully saturated rings. The van der Waals surface area contributed by atoms with Gasteiger partial charge in [0.1, 0.15) is 0 Å². The van der Waals surface area contributed by atoms with Crippen LogP contribution >= 0.6 is 0 Å². The van der Waals surface area contributed by atoms with Crippen LogP contribution in [0.4, 0.5) is 4.79 Å². The molecule has 132 valence electrons. The number of nitrogens with one attached hydrogen (secondary N) is 1. The van der Waals surface area contributed by atoms with Crippen molar-refractivity contribution in [1.29, 1.82) is 0 Å². The first-order valence-electron chi connectivity index (χ1n) is 7.28. The van der Waals surface area contributed by atoms with Crippen LogP contribution in [-0.4, -0.2) is 56.1 Å². The second-order valence-corrected chi connectivity index (χ2v) is 7.87. The predicted octanol–water partition coefficient (Wildman–Crippen LogP) is -0.579. The summed E-state index contributed by atoms with van der Waals surface area (Å²) in [5.74, 6) is -2.16. The zero-order valence-corrected chi connectivity index (χ0v) is 14.3. The van der Waals surface area contributed by atoms with E-state index >= 15 is 0 Å². The van der Waals surface area contributed by atoms with Gasteiger partial charge in [-0.2, -0.15) is 0 Å². The SMILES string of the molecule is CC(C)C(OC(=O)C1CCN(S(C)(=O)=O)CC1)C(=O)NC(N)=O. The van der Waals surface area contributed by atoms with Crippen LogP contribution < -0.4 is 11.1 Å². The number of urea groups is 1. The van der Waals surface area contributed by atoms with E-state index in [0.29, 0.717) is 12.8 Å². The molecular weight excluding hydrogens is 326 g/mol. The Kier molecular flexibility index (Phi) is 6.51. The number of nitrogens with two attached hydrogens (primary N) is 1. The van der Waals surface area contributed by atoms with E-state index in [2.05, 4.69) is 0 Å². The lowest BCUT2D eigenvalue weighted by Gasteiger charge is -2.30. The summed E-state index contributed by atoms with van der Waals surface area (Å²) in [5.41, 5.74) is 4.89. The lowest BCUT2D eigenvalue weighted by Crippen LogP contribution is -2.47. The van der Waals surface area contributed by atoms with E-state index in [1.54, 1.807) is 13.8 Å². The van der Waals surface area contributed by atoms with Crippen LogP contribution in [0.2, 0.25) is 0 Å². The number of carbonyl (C=O) groups is 3. The van der Waals surface area contributed by atoms with Gasteiger partial charge in [-0.1, -0.05) is 13.8 Å². The number of primary amides is 1. The van der Waals surface area contributed by atoms with E-state index in [-0.39, 0.29) is 19.0 Å². The van der Waals surface area contributed by atoms with Gasteiger partial charge in [0.05, 0.1) is 12.2 Å². The van der Waals surface area contributed by atoms with Crippen molar-refractivity contribution in [3.8, 4) is 0 Å². The second-order valence-electron chi connectivity index (χ2n) is 5.89. The average molecular weight is 349 g/mol. The highest BCUT2D eigenvalue weighted by atomic mass is 32.2. The molecule has 1 unspecified atom stereocenters. The maximum Gasteiger partial charge on any atom is 0.318 e. The zero-order valence-electron chi connectivity index (χ0n) is 13.4. The van der Waals surface area contributed by atoms with Gasteiger partial charge in [0, 0.05) is 13.1 Å². The Morgan fingerprint density at radius 1 is 1.22 bits per heavy atom. The van der Waals surface area contributed by atoms with Crippen molar-refractivity contribution in [2.45, 2.75) is 32.8 Å². The molecule has 0 aromatic carbocycles. The molecule has 10 heteroatoms. The number of hydrogen-bond acceptors (Lipinski definition) is 6. The minimum atomic E-state index is -3.27. The molecule has 1 rings (SSSR count). The molecule has 1 saturated heterocycles. The van der Waals surface area contributed by atoms with Gasteiger partial charge in [0.2, 0.25) is 10.0 Å². The van der Waals surface area contributed by atoms with Crippen LogP contribution in [0.3, 0.4) is 0 Å². The van der Waals surface area contributed by atoms with E-state index in [0.717, 1.165) is 6.26 Å². The summed E-state index contributed by atoms with van der Waals surface area (Å²) in [6.07, 6.45) is 0.652. The molecule has 0 saturated carbocycles. The first-order valence-corrected chi connectivity index (χ1v) is 9.13. The normalized spacial score (nSPS) is 18.4. The molecule has 1 aliphatic rings. The fraction of sp³-hybridized carbons (Fsp3) is 0.769. The molecule has 3 N–H and O–H groups in total. The summed E-state index contributed by atoms with van der Waals surface area (Å²) in [6, 6.07) is -1.02. The number of esters is 1. The maximum atomic E-state index is 12.2. The van der Waals surface area contributed by atoms with Crippen molar-refractivity contribution in [3.05, 3.63) is 0 Å². The summed E-state index contributed by atoms with van der Waals surface area (Å²) in [7, 11) is -3.27. The van der Waals surface area contributed by atoms with Crippen molar-refractivity contribution < 1.29 is 27.5 Å². The standard InChI is InChI=1S/C13H23N3O6S/c1-8(2)10(11(17)15-13(14)19)22-12(18)9-4-6-16(7-5-9)23(3,20)21/h8-10H,4-7H2,1-3H3,(H3,14,15,17,19). The van der Waals surface area contributed by atoms with Crippen molar-refractivity contribution in [2.24, 2.45) is 17.6 Å². The van der Waals surface area contributed by atoms with Gasteiger partial charge in [-0.3, -0.25) is 14.9 Å². The van der Waals surface area contributed by atoms with Gasteiger partial charge in [0.15, 0.2) is 6.10 Å². The van der Waals surface area contributed by atoms with Gasteiger partial charge in [-0.15, -0.1) is 0 Å². The Hall–Kier alpha value is -1.68.